The Hall–Kier alpha value is -2.45. The fourth-order valence-corrected chi connectivity index (χ4v) is 5.10. The van der Waals surface area contributed by atoms with Crippen LogP contribution in [0.4, 0.5) is 17.6 Å². The number of hydrogen-bond acceptors (Lipinski definition) is 3. The maximum absolute atomic E-state index is 15.5. The fourth-order valence-electron chi connectivity index (χ4n) is 5.10. The Kier molecular flexibility index (Phi) is 8.36. The summed E-state index contributed by atoms with van der Waals surface area (Å²) in [4.78, 5) is 38.3. The number of alkyl halides is 3. The van der Waals surface area contributed by atoms with Crippen LogP contribution in [0.2, 0.25) is 0 Å². The van der Waals surface area contributed by atoms with Crippen LogP contribution in [0, 0.1) is 17.7 Å². The first kappa shape index (κ1) is 26.2. The summed E-state index contributed by atoms with van der Waals surface area (Å²) < 4.78 is 54.0. The summed E-state index contributed by atoms with van der Waals surface area (Å²) in [5.74, 6) is -4.49. The van der Waals surface area contributed by atoms with Gasteiger partial charge >= 0.3 is 12.1 Å². The molecule has 2 amide bonds. The Morgan fingerprint density at radius 3 is 2.32 bits per heavy atom. The van der Waals surface area contributed by atoms with Gasteiger partial charge in [0, 0.05) is 24.9 Å². The van der Waals surface area contributed by atoms with E-state index in [1.54, 1.807) is 13.8 Å². The van der Waals surface area contributed by atoms with Gasteiger partial charge in [-0.2, -0.15) is 13.2 Å². The van der Waals surface area contributed by atoms with Crippen molar-refractivity contribution >= 4 is 17.6 Å². The molecule has 1 aromatic rings. The number of hydrogen-bond donors (Lipinski definition) is 1. The van der Waals surface area contributed by atoms with Crippen molar-refractivity contribution in [3.63, 3.8) is 0 Å². The van der Waals surface area contributed by atoms with Gasteiger partial charge in [0.05, 0.1) is 11.6 Å². The van der Waals surface area contributed by atoms with Gasteiger partial charge in [-0.25, -0.2) is 4.39 Å². The molecule has 1 aliphatic carbocycles. The third-order valence-electron chi connectivity index (χ3n) is 6.95. The van der Waals surface area contributed by atoms with E-state index in [0.29, 0.717) is 17.7 Å². The van der Waals surface area contributed by atoms with E-state index in [4.69, 9.17) is 0 Å². The highest BCUT2D eigenvalue weighted by molar-refractivity contribution is 5.98. The Balaban J connectivity index is 1.80. The van der Waals surface area contributed by atoms with Gasteiger partial charge in [0.15, 0.2) is 5.78 Å². The Morgan fingerprint density at radius 2 is 1.71 bits per heavy atom. The minimum absolute atomic E-state index is 0.000808. The molecule has 5 nitrogen and oxygen atoms in total. The molecule has 9 heteroatoms. The summed E-state index contributed by atoms with van der Waals surface area (Å²) >= 11 is 0. The number of benzene rings is 1. The number of halogens is 4. The predicted octanol–water partition coefficient (Wildman–Crippen LogP) is 5.00. The van der Waals surface area contributed by atoms with Crippen LogP contribution in [-0.2, 0) is 9.59 Å². The van der Waals surface area contributed by atoms with E-state index >= 15 is 4.39 Å². The summed E-state index contributed by atoms with van der Waals surface area (Å²) in [7, 11) is 0. The molecule has 1 heterocycles. The van der Waals surface area contributed by atoms with Gasteiger partial charge in [0.2, 0.25) is 0 Å². The molecule has 1 unspecified atom stereocenters. The molecule has 188 valence electrons. The quantitative estimate of drug-likeness (QED) is 0.578. The van der Waals surface area contributed by atoms with Gasteiger partial charge in [-0.3, -0.25) is 14.4 Å². The average Bonchev–Trinajstić information content (AvgIpc) is 2.81. The molecule has 1 saturated carbocycles. The van der Waals surface area contributed by atoms with E-state index in [9.17, 15) is 27.6 Å². The highest BCUT2D eigenvalue weighted by Crippen LogP contribution is 2.33. The lowest BCUT2D eigenvalue weighted by atomic mass is 9.80. The SMILES string of the molecule is CC(C)C(=O)[C@H](NC(=O)c1cccc(C2CCCN(C(=O)C(F)(F)F)C2)c1F)C1CCCCC1. The first-order valence-corrected chi connectivity index (χ1v) is 12.0. The Labute approximate surface area is 197 Å². The van der Waals surface area contributed by atoms with Crippen LogP contribution < -0.4 is 5.32 Å². The fraction of sp³-hybridized carbons (Fsp3) is 0.640. The van der Waals surface area contributed by atoms with Gasteiger partial charge in [0.25, 0.3) is 5.91 Å². The molecule has 1 saturated heterocycles. The topological polar surface area (TPSA) is 66.5 Å². The molecule has 2 atom stereocenters. The zero-order valence-corrected chi connectivity index (χ0v) is 19.6. The third-order valence-corrected chi connectivity index (χ3v) is 6.95. The van der Waals surface area contributed by atoms with Crippen molar-refractivity contribution in [2.24, 2.45) is 11.8 Å². The van der Waals surface area contributed by atoms with E-state index in [1.165, 1.54) is 18.2 Å². The Bertz CT molecular complexity index is 910. The second kappa shape index (κ2) is 10.9. The molecule has 0 spiro atoms. The minimum atomic E-state index is -4.99. The first-order chi connectivity index (χ1) is 16.0. The molecule has 2 fully saturated rings. The monoisotopic (exact) mass is 484 g/mol. The van der Waals surface area contributed by atoms with E-state index in [1.807, 2.05) is 0 Å². The lowest BCUT2D eigenvalue weighted by Crippen LogP contribution is -2.48. The molecule has 1 aliphatic heterocycles. The largest absolute Gasteiger partial charge is 0.471 e. The average molecular weight is 485 g/mol. The highest BCUT2D eigenvalue weighted by atomic mass is 19.4. The second-order valence-electron chi connectivity index (χ2n) is 9.70. The standard InChI is InChI=1S/C25H32F4N2O3/c1-15(2)22(32)21(16-8-4-3-5-9-16)30-23(33)19-12-6-11-18(20(19)26)17-10-7-13-31(14-17)24(34)25(27,28)29/h6,11-12,15-17,21H,3-5,7-10,13-14H2,1-2H3,(H,30,33)/t17?,21-/m1/s1. The molecular weight excluding hydrogens is 452 g/mol. The maximum atomic E-state index is 15.5. The summed E-state index contributed by atoms with van der Waals surface area (Å²) in [6.07, 6.45) is 0.379. The number of likely N-dealkylation sites (tertiary alicyclic amines) is 1. The lowest BCUT2D eigenvalue weighted by Gasteiger charge is -2.34. The minimum Gasteiger partial charge on any atom is -0.342 e. The van der Waals surface area contributed by atoms with Crippen LogP contribution in [0.3, 0.4) is 0 Å². The number of rotatable bonds is 6. The normalized spacial score (nSPS) is 20.8. The van der Waals surface area contributed by atoms with Gasteiger partial charge in [-0.15, -0.1) is 0 Å². The van der Waals surface area contributed by atoms with E-state index in [-0.39, 0.29) is 41.8 Å². The lowest BCUT2D eigenvalue weighted by molar-refractivity contribution is -0.186. The van der Waals surface area contributed by atoms with Crippen LogP contribution in [0.5, 0.6) is 0 Å². The molecular formula is C25H32F4N2O3. The van der Waals surface area contributed by atoms with E-state index in [2.05, 4.69) is 5.32 Å². The zero-order chi connectivity index (χ0) is 25.0. The van der Waals surface area contributed by atoms with Crippen molar-refractivity contribution in [3.05, 3.63) is 35.1 Å². The number of amides is 2. The molecule has 2 aliphatic rings. The predicted molar refractivity (Wildman–Crippen MR) is 119 cm³/mol. The van der Waals surface area contributed by atoms with Crippen molar-refractivity contribution in [3.8, 4) is 0 Å². The third kappa shape index (κ3) is 5.96. The smallest absolute Gasteiger partial charge is 0.342 e. The Morgan fingerprint density at radius 1 is 1.03 bits per heavy atom. The molecule has 0 aromatic heterocycles. The highest BCUT2D eigenvalue weighted by Gasteiger charge is 2.44. The second-order valence-corrected chi connectivity index (χ2v) is 9.70. The van der Waals surface area contributed by atoms with Crippen molar-refractivity contribution in [2.45, 2.75) is 76.9 Å². The van der Waals surface area contributed by atoms with E-state index < -0.39 is 35.8 Å². The number of carbonyl (C=O) groups excluding carboxylic acids is 3. The summed E-state index contributed by atoms with van der Waals surface area (Å²) in [5.41, 5.74) is -0.133. The molecule has 1 N–H and O–H groups in total. The summed E-state index contributed by atoms with van der Waals surface area (Å²) in [5, 5.41) is 2.76. The summed E-state index contributed by atoms with van der Waals surface area (Å²) in [6, 6.07) is 3.53. The molecule has 3 rings (SSSR count). The first-order valence-electron chi connectivity index (χ1n) is 12.0. The van der Waals surface area contributed by atoms with Crippen molar-refractivity contribution < 1.29 is 31.9 Å². The van der Waals surface area contributed by atoms with Crippen LogP contribution in [0.15, 0.2) is 18.2 Å². The zero-order valence-electron chi connectivity index (χ0n) is 19.6. The number of Topliss-reactive ketones (excluding diaryl/α,β-unsaturated/α-hetero) is 1. The number of ketones is 1. The van der Waals surface area contributed by atoms with Crippen molar-refractivity contribution in [1.82, 2.24) is 10.2 Å². The van der Waals surface area contributed by atoms with Gasteiger partial charge in [0.1, 0.15) is 5.82 Å². The van der Waals surface area contributed by atoms with Gasteiger partial charge in [-0.1, -0.05) is 45.2 Å². The number of nitrogens with one attached hydrogen (secondary N) is 1. The maximum Gasteiger partial charge on any atom is 0.471 e. The molecule has 0 bridgehead atoms. The molecule has 34 heavy (non-hydrogen) atoms. The molecule has 1 aromatic carbocycles. The van der Waals surface area contributed by atoms with Gasteiger partial charge < -0.3 is 10.2 Å². The summed E-state index contributed by atoms with van der Waals surface area (Å²) in [6.45, 7) is 3.22. The van der Waals surface area contributed by atoms with Crippen molar-refractivity contribution in [2.75, 3.05) is 13.1 Å². The van der Waals surface area contributed by atoms with Crippen LogP contribution in [0.25, 0.3) is 0 Å². The van der Waals surface area contributed by atoms with Crippen LogP contribution >= 0.6 is 0 Å². The molecule has 0 radical (unpaired) electrons. The van der Waals surface area contributed by atoms with Crippen LogP contribution in [0.1, 0.15) is 80.6 Å². The number of piperidine rings is 1. The number of nitrogens with zero attached hydrogens (tertiary/aromatic N) is 1. The van der Waals surface area contributed by atoms with Crippen molar-refractivity contribution in [1.29, 1.82) is 0 Å². The van der Waals surface area contributed by atoms with Crippen LogP contribution in [-0.4, -0.2) is 47.8 Å². The number of carbonyl (C=O) groups is 3. The van der Waals surface area contributed by atoms with E-state index in [0.717, 1.165) is 32.1 Å². The van der Waals surface area contributed by atoms with Gasteiger partial charge in [-0.05, 0) is 43.2 Å².